The van der Waals surface area contributed by atoms with Crippen LogP contribution >= 0.6 is 0 Å². The smallest absolute Gasteiger partial charge is 0.153 e. The summed E-state index contributed by atoms with van der Waals surface area (Å²) in [5.41, 5.74) is 3.93. The van der Waals surface area contributed by atoms with E-state index in [4.69, 9.17) is 14.2 Å². The van der Waals surface area contributed by atoms with Crippen LogP contribution in [-0.4, -0.2) is 26.6 Å². The summed E-state index contributed by atoms with van der Waals surface area (Å²) < 4.78 is 16.7. The van der Waals surface area contributed by atoms with E-state index in [1.54, 1.807) is 25.3 Å². The molecule has 0 aromatic heterocycles. The number of methoxy groups -OCH3 is 1. The van der Waals surface area contributed by atoms with Gasteiger partial charge in [0.15, 0.2) is 6.29 Å². The molecular weight excluding hydrogens is 292 g/mol. The topological polar surface area (TPSA) is 44.8 Å². The van der Waals surface area contributed by atoms with Crippen LogP contribution in [0.15, 0.2) is 30.3 Å². The van der Waals surface area contributed by atoms with Gasteiger partial charge in [-0.2, -0.15) is 0 Å². The van der Waals surface area contributed by atoms with E-state index >= 15 is 0 Å². The van der Waals surface area contributed by atoms with E-state index in [0.717, 1.165) is 23.2 Å². The first-order chi connectivity index (χ1) is 11.1. The molecule has 122 valence electrons. The van der Waals surface area contributed by atoms with Gasteiger partial charge >= 0.3 is 0 Å². The van der Waals surface area contributed by atoms with Crippen LogP contribution in [0.3, 0.4) is 0 Å². The Morgan fingerprint density at radius 2 is 1.65 bits per heavy atom. The number of ether oxygens (including phenoxy) is 3. The SMILES string of the molecule is COc1ccc(C=O)c(OCCOc2c(C)ccc(C)c2C)c1. The van der Waals surface area contributed by atoms with Gasteiger partial charge < -0.3 is 14.2 Å². The molecule has 2 aromatic carbocycles. The van der Waals surface area contributed by atoms with Crippen LogP contribution in [0, 0.1) is 20.8 Å². The lowest BCUT2D eigenvalue weighted by Crippen LogP contribution is -2.11. The maximum Gasteiger partial charge on any atom is 0.153 e. The average Bonchev–Trinajstić information content (AvgIpc) is 2.57. The first kappa shape index (κ1) is 16.9. The molecule has 23 heavy (non-hydrogen) atoms. The molecular formula is C19H22O4. The largest absolute Gasteiger partial charge is 0.497 e. The molecule has 2 rings (SSSR count). The van der Waals surface area contributed by atoms with Crippen LogP contribution in [0.25, 0.3) is 0 Å². The number of aldehydes is 1. The fourth-order valence-electron chi connectivity index (χ4n) is 2.31. The zero-order valence-corrected chi connectivity index (χ0v) is 14.0. The highest BCUT2D eigenvalue weighted by Crippen LogP contribution is 2.26. The number of carbonyl (C=O) groups is 1. The highest BCUT2D eigenvalue weighted by atomic mass is 16.5. The van der Waals surface area contributed by atoms with Crippen LogP contribution in [0.5, 0.6) is 17.2 Å². The van der Waals surface area contributed by atoms with Crippen molar-refractivity contribution in [1.29, 1.82) is 0 Å². The summed E-state index contributed by atoms with van der Waals surface area (Å²) in [6.45, 7) is 6.88. The van der Waals surface area contributed by atoms with Crippen LogP contribution in [0.2, 0.25) is 0 Å². The van der Waals surface area contributed by atoms with Gasteiger partial charge in [-0.1, -0.05) is 12.1 Å². The van der Waals surface area contributed by atoms with Crippen LogP contribution in [0.1, 0.15) is 27.0 Å². The number of carbonyl (C=O) groups excluding carboxylic acids is 1. The molecule has 4 heteroatoms. The Labute approximate surface area is 137 Å². The average molecular weight is 314 g/mol. The summed E-state index contributed by atoms with van der Waals surface area (Å²) in [7, 11) is 1.58. The molecule has 0 spiro atoms. The lowest BCUT2D eigenvalue weighted by Gasteiger charge is -2.15. The van der Waals surface area contributed by atoms with Crippen LogP contribution in [-0.2, 0) is 0 Å². The molecule has 0 aliphatic heterocycles. The molecule has 0 aliphatic carbocycles. The maximum atomic E-state index is 11.1. The number of aryl methyl sites for hydroxylation is 2. The van der Waals surface area contributed by atoms with E-state index in [0.29, 0.717) is 30.3 Å². The van der Waals surface area contributed by atoms with E-state index in [-0.39, 0.29) is 0 Å². The second-order valence-electron chi connectivity index (χ2n) is 5.37. The van der Waals surface area contributed by atoms with E-state index in [2.05, 4.69) is 13.0 Å². The van der Waals surface area contributed by atoms with Crippen LogP contribution in [0.4, 0.5) is 0 Å². The zero-order chi connectivity index (χ0) is 16.8. The lowest BCUT2D eigenvalue weighted by atomic mass is 10.1. The van der Waals surface area contributed by atoms with Gasteiger partial charge in [0.25, 0.3) is 0 Å². The summed E-state index contributed by atoms with van der Waals surface area (Å²) in [6.07, 6.45) is 0.768. The Morgan fingerprint density at radius 1 is 0.957 bits per heavy atom. The van der Waals surface area contributed by atoms with Crippen molar-refractivity contribution in [2.45, 2.75) is 20.8 Å². The Morgan fingerprint density at radius 3 is 2.35 bits per heavy atom. The molecule has 0 N–H and O–H groups in total. The highest BCUT2D eigenvalue weighted by molar-refractivity contribution is 5.79. The first-order valence-corrected chi connectivity index (χ1v) is 7.52. The van der Waals surface area contributed by atoms with Crippen LogP contribution < -0.4 is 14.2 Å². The molecule has 0 heterocycles. The molecule has 0 aliphatic rings. The zero-order valence-electron chi connectivity index (χ0n) is 14.0. The van der Waals surface area contributed by atoms with Gasteiger partial charge in [-0.15, -0.1) is 0 Å². The minimum Gasteiger partial charge on any atom is -0.497 e. The first-order valence-electron chi connectivity index (χ1n) is 7.52. The van der Waals surface area contributed by atoms with Crippen molar-refractivity contribution in [3.63, 3.8) is 0 Å². The van der Waals surface area contributed by atoms with E-state index in [9.17, 15) is 4.79 Å². The summed E-state index contributed by atoms with van der Waals surface area (Å²) in [5.74, 6) is 2.05. The number of hydrogen-bond acceptors (Lipinski definition) is 4. The van der Waals surface area contributed by atoms with Gasteiger partial charge in [-0.25, -0.2) is 0 Å². The van der Waals surface area contributed by atoms with Gasteiger partial charge in [0.1, 0.15) is 30.5 Å². The number of hydrogen-bond donors (Lipinski definition) is 0. The Bertz CT molecular complexity index is 692. The monoisotopic (exact) mass is 314 g/mol. The van der Waals surface area contributed by atoms with Gasteiger partial charge in [0.05, 0.1) is 12.7 Å². The molecule has 0 saturated heterocycles. The molecule has 0 amide bonds. The Hall–Kier alpha value is -2.49. The molecule has 0 fully saturated rings. The quantitative estimate of drug-likeness (QED) is 0.574. The predicted molar refractivity (Wildman–Crippen MR) is 90.0 cm³/mol. The van der Waals surface area contributed by atoms with E-state index < -0.39 is 0 Å². The summed E-state index contributed by atoms with van der Waals surface area (Å²) in [4.78, 5) is 11.1. The summed E-state index contributed by atoms with van der Waals surface area (Å²) >= 11 is 0. The third kappa shape index (κ3) is 4.03. The highest BCUT2D eigenvalue weighted by Gasteiger charge is 2.08. The third-order valence-electron chi connectivity index (χ3n) is 3.81. The second kappa shape index (κ2) is 7.68. The standard InChI is InChI=1S/C19H22O4/c1-13-5-6-14(2)19(15(13)3)23-10-9-22-18-11-17(21-4)8-7-16(18)12-20/h5-8,11-12H,9-10H2,1-4H3. The fraction of sp³-hybridized carbons (Fsp3) is 0.316. The number of rotatable bonds is 7. The maximum absolute atomic E-state index is 11.1. The van der Waals surface area contributed by atoms with Crippen molar-refractivity contribution in [2.75, 3.05) is 20.3 Å². The number of benzene rings is 2. The Kier molecular flexibility index (Phi) is 5.63. The van der Waals surface area contributed by atoms with E-state index in [1.165, 1.54) is 5.56 Å². The van der Waals surface area contributed by atoms with Crippen molar-refractivity contribution in [3.05, 3.63) is 52.6 Å². The van der Waals surface area contributed by atoms with Gasteiger partial charge in [-0.05, 0) is 49.6 Å². The van der Waals surface area contributed by atoms with Crippen molar-refractivity contribution >= 4 is 6.29 Å². The third-order valence-corrected chi connectivity index (χ3v) is 3.81. The normalized spacial score (nSPS) is 10.3. The van der Waals surface area contributed by atoms with Gasteiger partial charge in [0, 0.05) is 6.07 Å². The van der Waals surface area contributed by atoms with Crippen molar-refractivity contribution in [3.8, 4) is 17.2 Å². The molecule has 0 radical (unpaired) electrons. The minimum absolute atomic E-state index is 0.348. The van der Waals surface area contributed by atoms with Crippen molar-refractivity contribution in [1.82, 2.24) is 0 Å². The fourth-order valence-corrected chi connectivity index (χ4v) is 2.31. The predicted octanol–water partition coefficient (Wildman–Crippen LogP) is 3.89. The lowest BCUT2D eigenvalue weighted by molar-refractivity contribution is 0.111. The summed E-state index contributed by atoms with van der Waals surface area (Å²) in [5, 5.41) is 0. The minimum atomic E-state index is 0.348. The molecule has 0 atom stereocenters. The Balaban J connectivity index is 1.99. The van der Waals surface area contributed by atoms with Gasteiger partial charge in [0.2, 0.25) is 0 Å². The molecule has 0 bridgehead atoms. The van der Waals surface area contributed by atoms with Crippen molar-refractivity contribution < 1.29 is 19.0 Å². The molecule has 0 saturated carbocycles. The van der Waals surface area contributed by atoms with E-state index in [1.807, 2.05) is 19.9 Å². The molecule has 2 aromatic rings. The molecule has 4 nitrogen and oxygen atoms in total. The van der Waals surface area contributed by atoms with Crippen molar-refractivity contribution in [2.24, 2.45) is 0 Å². The van der Waals surface area contributed by atoms with Gasteiger partial charge in [-0.3, -0.25) is 4.79 Å². The second-order valence-corrected chi connectivity index (χ2v) is 5.37. The molecule has 0 unspecified atom stereocenters. The summed E-state index contributed by atoms with van der Waals surface area (Å²) in [6, 6.07) is 9.24.